The van der Waals surface area contributed by atoms with Gasteiger partial charge in [0.25, 0.3) is 11.5 Å². The highest BCUT2D eigenvalue weighted by Gasteiger charge is 2.24. The molecule has 0 spiro atoms. The standard InChI is InChI=1S/C22H25N3O3/c1-5-25(6-2)16-13-11-15(12-14-16)23(3)21(27)19-20(26)17-9-7-8-10-18(17)24(4)22(19)28/h7-14,26H,5-6H2,1-4H3. The molecule has 0 atom stereocenters. The Hall–Kier alpha value is -3.28. The largest absolute Gasteiger partial charge is 0.506 e. The van der Waals surface area contributed by atoms with Crippen molar-refractivity contribution in [3.8, 4) is 5.75 Å². The molecule has 2 aromatic carbocycles. The van der Waals surface area contributed by atoms with Gasteiger partial charge in [0.05, 0.1) is 5.52 Å². The van der Waals surface area contributed by atoms with E-state index in [1.54, 1.807) is 38.4 Å². The van der Waals surface area contributed by atoms with Crippen LogP contribution in [0, 0.1) is 0 Å². The zero-order valence-electron chi connectivity index (χ0n) is 16.6. The van der Waals surface area contributed by atoms with Crippen molar-refractivity contribution in [2.45, 2.75) is 13.8 Å². The Morgan fingerprint density at radius 3 is 2.18 bits per heavy atom. The summed E-state index contributed by atoms with van der Waals surface area (Å²) >= 11 is 0. The monoisotopic (exact) mass is 379 g/mol. The Balaban J connectivity index is 2.01. The Bertz CT molecular complexity index is 1070. The molecule has 6 nitrogen and oxygen atoms in total. The number of fused-ring (bicyclic) bond motifs is 1. The predicted octanol–water partition coefficient (Wildman–Crippen LogP) is 3.37. The van der Waals surface area contributed by atoms with Gasteiger partial charge in [-0.1, -0.05) is 12.1 Å². The van der Waals surface area contributed by atoms with E-state index in [2.05, 4.69) is 18.7 Å². The van der Waals surface area contributed by atoms with E-state index in [-0.39, 0.29) is 11.3 Å². The number of carbonyl (C=O) groups excluding carboxylic acids is 1. The first-order valence-corrected chi connectivity index (χ1v) is 9.34. The number of aromatic nitrogens is 1. The van der Waals surface area contributed by atoms with E-state index in [4.69, 9.17) is 0 Å². The number of aryl methyl sites for hydroxylation is 1. The van der Waals surface area contributed by atoms with Crippen molar-refractivity contribution in [3.05, 3.63) is 64.4 Å². The summed E-state index contributed by atoms with van der Waals surface area (Å²) in [6.45, 7) is 5.97. The Kier molecular flexibility index (Phi) is 5.40. The van der Waals surface area contributed by atoms with E-state index in [1.165, 1.54) is 9.47 Å². The van der Waals surface area contributed by atoms with E-state index in [9.17, 15) is 14.7 Å². The van der Waals surface area contributed by atoms with Crippen molar-refractivity contribution in [1.29, 1.82) is 0 Å². The summed E-state index contributed by atoms with van der Waals surface area (Å²) in [5.41, 5.74) is 1.55. The maximum atomic E-state index is 13.1. The zero-order valence-corrected chi connectivity index (χ0v) is 16.6. The van der Waals surface area contributed by atoms with Gasteiger partial charge in [-0.25, -0.2) is 0 Å². The number of rotatable bonds is 5. The number of nitrogens with zero attached hydrogens (tertiary/aromatic N) is 3. The molecule has 0 bridgehead atoms. The maximum absolute atomic E-state index is 13.1. The lowest BCUT2D eigenvalue weighted by molar-refractivity contribution is 0.0988. The molecule has 6 heteroatoms. The highest BCUT2D eigenvalue weighted by molar-refractivity contribution is 6.10. The van der Waals surface area contributed by atoms with Crippen LogP contribution in [0.15, 0.2) is 53.3 Å². The fraction of sp³-hybridized carbons (Fsp3) is 0.273. The van der Waals surface area contributed by atoms with E-state index in [0.29, 0.717) is 16.6 Å². The molecule has 0 aliphatic heterocycles. The highest BCUT2D eigenvalue weighted by atomic mass is 16.3. The first kappa shape index (κ1) is 19.5. The lowest BCUT2D eigenvalue weighted by Gasteiger charge is -2.23. The molecule has 1 heterocycles. The van der Waals surface area contributed by atoms with Gasteiger partial charge in [-0.2, -0.15) is 0 Å². The summed E-state index contributed by atoms with van der Waals surface area (Å²) in [4.78, 5) is 29.4. The SMILES string of the molecule is CCN(CC)c1ccc(N(C)C(=O)c2c(O)c3ccccc3n(C)c2=O)cc1. The molecular weight excluding hydrogens is 354 g/mol. The maximum Gasteiger partial charge on any atom is 0.267 e. The van der Waals surface area contributed by atoms with Crippen molar-refractivity contribution in [2.75, 3.05) is 29.9 Å². The highest BCUT2D eigenvalue weighted by Crippen LogP contribution is 2.28. The molecule has 146 valence electrons. The molecule has 0 fully saturated rings. The number of carbonyl (C=O) groups is 1. The van der Waals surface area contributed by atoms with Crippen LogP contribution < -0.4 is 15.4 Å². The number of pyridine rings is 1. The normalized spacial score (nSPS) is 10.9. The van der Waals surface area contributed by atoms with Crippen molar-refractivity contribution < 1.29 is 9.90 Å². The van der Waals surface area contributed by atoms with Gasteiger partial charge in [-0.3, -0.25) is 9.59 Å². The van der Waals surface area contributed by atoms with Gasteiger partial charge in [-0.15, -0.1) is 0 Å². The van der Waals surface area contributed by atoms with Crippen LogP contribution >= 0.6 is 0 Å². The molecule has 0 unspecified atom stereocenters. The molecule has 1 amide bonds. The van der Waals surface area contributed by atoms with E-state index in [0.717, 1.165) is 18.8 Å². The van der Waals surface area contributed by atoms with Crippen LogP contribution in [0.4, 0.5) is 11.4 Å². The van der Waals surface area contributed by atoms with E-state index in [1.807, 2.05) is 24.3 Å². The average Bonchev–Trinajstić information content (AvgIpc) is 2.73. The molecule has 0 saturated carbocycles. The molecule has 3 aromatic rings. The number of benzene rings is 2. The predicted molar refractivity (Wildman–Crippen MR) is 114 cm³/mol. The molecule has 0 radical (unpaired) electrons. The average molecular weight is 379 g/mol. The van der Waals surface area contributed by atoms with Gasteiger partial charge < -0.3 is 19.5 Å². The molecule has 0 aliphatic rings. The fourth-order valence-corrected chi connectivity index (χ4v) is 3.43. The third-order valence-corrected chi connectivity index (χ3v) is 5.16. The quantitative estimate of drug-likeness (QED) is 0.738. The summed E-state index contributed by atoms with van der Waals surface area (Å²) in [5.74, 6) is -0.824. The van der Waals surface area contributed by atoms with E-state index < -0.39 is 11.5 Å². The van der Waals surface area contributed by atoms with Gasteiger partial charge in [0.2, 0.25) is 0 Å². The smallest absolute Gasteiger partial charge is 0.267 e. The van der Waals surface area contributed by atoms with Crippen molar-refractivity contribution in [3.63, 3.8) is 0 Å². The number of para-hydroxylation sites is 1. The third-order valence-electron chi connectivity index (χ3n) is 5.16. The Morgan fingerprint density at radius 1 is 1.00 bits per heavy atom. The summed E-state index contributed by atoms with van der Waals surface area (Å²) in [6, 6.07) is 14.6. The number of amides is 1. The molecule has 0 saturated heterocycles. The summed E-state index contributed by atoms with van der Waals surface area (Å²) in [5, 5.41) is 11.1. The lowest BCUT2D eigenvalue weighted by Crippen LogP contribution is -2.34. The zero-order chi connectivity index (χ0) is 20.4. The van der Waals surface area contributed by atoms with Gasteiger partial charge in [-0.05, 0) is 50.2 Å². The topological polar surface area (TPSA) is 65.8 Å². The second-order valence-electron chi connectivity index (χ2n) is 6.66. The summed E-state index contributed by atoms with van der Waals surface area (Å²) in [6.07, 6.45) is 0. The lowest BCUT2D eigenvalue weighted by atomic mass is 10.1. The van der Waals surface area contributed by atoms with Crippen molar-refractivity contribution in [2.24, 2.45) is 7.05 Å². The summed E-state index contributed by atoms with van der Waals surface area (Å²) < 4.78 is 1.39. The van der Waals surface area contributed by atoms with Crippen LogP contribution in [-0.4, -0.2) is 35.7 Å². The van der Waals surface area contributed by atoms with Crippen LogP contribution in [0.2, 0.25) is 0 Å². The van der Waals surface area contributed by atoms with Gasteiger partial charge in [0.15, 0.2) is 0 Å². The van der Waals surface area contributed by atoms with Crippen molar-refractivity contribution in [1.82, 2.24) is 4.57 Å². The second-order valence-corrected chi connectivity index (χ2v) is 6.66. The Labute approximate surface area is 164 Å². The molecule has 3 rings (SSSR count). The Morgan fingerprint density at radius 2 is 1.57 bits per heavy atom. The van der Waals surface area contributed by atoms with Gasteiger partial charge in [0.1, 0.15) is 11.3 Å². The van der Waals surface area contributed by atoms with Crippen LogP contribution in [0.3, 0.4) is 0 Å². The first-order chi connectivity index (χ1) is 13.4. The number of hydrogen-bond acceptors (Lipinski definition) is 4. The van der Waals surface area contributed by atoms with E-state index >= 15 is 0 Å². The molecule has 1 N–H and O–H groups in total. The van der Waals surface area contributed by atoms with Gasteiger partial charge in [0, 0.05) is 43.9 Å². The van der Waals surface area contributed by atoms with Gasteiger partial charge >= 0.3 is 0 Å². The third kappa shape index (κ3) is 3.22. The second kappa shape index (κ2) is 7.76. The van der Waals surface area contributed by atoms with Crippen LogP contribution in [0.25, 0.3) is 10.9 Å². The molecule has 1 aromatic heterocycles. The number of aromatic hydroxyl groups is 1. The minimum absolute atomic E-state index is 0.225. The van der Waals surface area contributed by atoms with Crippen molar-refractivity contribution >= 4 is 28.2 Å². The minimum Gasteiger partial charge on any atom is -0.506 e. The van der Waals surface area contributed by atoms with Crippen LogP contribution in [-0.2, 0) is 7.05 Å². The number of anilines is 2. The molecular formula is C22H25N3O3. The minimum atomic E-state index is -0.542. The first-order valence-electron chi connectivity index (χ1n) is 9.34. The molecule has 0 aliphatic carbocycles. The van der Waals surface area contributed by atoms with Crippen LogP contribution in [0.1, 0.15) is 24.2 Å². The fourth-order valence-electron chi connectivity index (χ4n) is 3.43. The van der Waals surface area contributed by atoms with Crippen LogP contribution in [0.5, 0.6) is 5.75 Å². The number of hydrogen-bond donors (Lipinski definition) is 1. The summed E-state index contributed by atoms with van der Waals surface area (Å²) in [7, 11) is 3.20. The molecule has 28 heavy (non-hydrogen) atoms.